The van der Waals surface area contributed by atoms with E-state index in [1.165, 1.54) is 13.8 Å². The summed E-state index contributed by atoms with van der Waals surface area (Å²) in [6, 6.07) is 5.82. The van der Waals surface area contributed by atoms with Gasteiger partial charge >= 0.3 is 18.1 Å². The van der Waals surface area contributed by atoms with E-state index >= 15 is 0 Å². The van der Waals surface area contributed by atoms with Crippen LogP contribution in [-0.2, 0) is 33.3 Å². The van der Waals surface area contributed by atoms with Gasteiger partial charge < -0.3 is 28.4 Å². The maximum absolute atomic E-state index is 12.5. The molecule has 1 fully saturated rings. The molecule has 0 radical (unpaired) electrons. The van der Waals surface area contributed by atoms with Gasteiger partial charge in [0.1, 0.15) is 18.5 Å². The molecular formula is C27H40O9. The van der Waals surface area contributed by atoms with Crippen LogP contribution < -0.4 is 4.74 Å². The number of hydrogen-bond donors (Lipinski definition) is 0. The number of rotatable bonds is 10. The predicted molar refractivity (Wildman–Crippen MR) is 132 cm³/mol. The van der Waals surface area contributed by atoms with Crippen molar-refractivity contribution in [3.63, 3.8) is 0 Å². The van der Waals surface area contributed by atoms with E-state index in [9.17, 15) is 14.4 Å². The van der Waals surface area contributed by atoms with Crippen LogP contribution in [0.2, 0.25) is 0 Å². The highest BCUT2D eigenvalue weighted by Gasteiger charge is 2.47. The van der Waals surface area contributed by atoms with Gasteiger partial charge in [-0.2, -0.15) is 0 Å². The Morgan fingerprint density at radius 3 is 1.97 bits per heavy atom. The van der Waals surface area contributed by atoms with Crippen LogP contribution in [0, 0.1) is 5.92 Å². The summed E-state index contributed by atoms with van der Waals surface area (Å²) in [7, 11) is 0. The van der Waals surface area contributed by atoms with E-state index in [1.54, 1.807) is 0 Å². The molecule has 1 aromatic carbocycles. The summed E-state index contributed by atoms with van der Waals surface area (Å²) in [5.41, 5.74) is 1.84. The van der Waals surface area contributed by atoms with Gasteiger partial charge in [-0.1, -0.05) is 59.7 Å². The molecule has 36 heavy (non-hydrogen) atoms. The molecule has 5 atom stereocenters. The third-order valence-electron chi connectivity index (χ3n) is 6.10. The maximum atomic E-state index is 12.5. The van der Waals surface area contributed by atoms with E-state index in [0.717, 1.165) is 11.1 Å². The van der Waals surface area contributed by atoms with Crippen LogP contribution in [0.3, 0.4) is 0 Å². The van der Waals surface area contributed by atoms with Gasteiger partial charge in [0.05, 0.1) is 12.7 Å². The number of benzene rings is 1. The molecule has 0 N–H and O–H groups in total. The normalized spacial score (nSPS) is 23.9. The van der Waals surface area contributed by atoms with E-state index < -0.39 is 36.6 Å². The molecule has 9 nitrogen and oxygen atoms in total. The molecule has 1 aliphatic heterocycles. The Labute approximate surface area is 213 Å². The molecule has 2 rings (SSSR count). The minimum absolute atomic E-state index is 0.0436. The lowest BCUT2D eigenvalue weighted by Gasteiger charge is -2.43. The van der Waals surface area contributed by atoms with Crippen molar-refractivity contribution in [1.82, 2.24) is 0 Å². The predicted octanol–water partition coefficient (Wildman–Crippen LogP) is 5.10. The first-order chi connectivity index (χ1) is 17.0. The van der Waals surface area contributed by atoms with Crippen LogP contribution in [0.1, 0.15) is 84.8 Å². The van der Waals surface area contributed by atoms with Gasteiger partial charge in [0, 0.05) is 19.8 Å². The van der Waals surface area contributed by atoms with Crippen molar-refractivity contribution in [2.45, 2.75) is 98.2 Å². The fourth-order valence-electron chi connectivity index (χ4n) is 4.32. The molecular weight excluding hydrogens is 468 g/mol. The van der Waals surface area contributed by atoms with Gasteiger partial charge in [-0.25, -0.2) is 4.79 Å². The van der Waals surface area contributed by atoms with Crippen LogP contribution in [-0.4, -0.2) is 55.9 Å². The van der Waals surface area contributed by atoms with Crippen LogP contribution in [0.15, 0.2) is 18.2 Å². The summed E-state index contributed by atoms with van der Waals surface area (Å²) in [6.07, 6.45) is -3.16. The second kappa shape index (κ2) is 13.6. The fourth-order valence-corrected chi connectivity index (χ4v) is 4.32. The summed E-state index contributed by atoms with van der Waals surface area (Å²) < 4.78 is 33.5. The monoisotopic (exact) mass is 508 g/mol. The molecule has 0 spiro atoms. The van der Waals surface area contributed by atoms with Crippen LogP contribution in [0.4, 0.5) is 4.79 Å². The van der Waals surface area contributed by atoms with Gasteiger partial charge in [0.15, 0.2) is 12.4 Å². The molecule has 1 heterocycles. The van der Waals surface area contributed by atoms with Crippen LogP contribution in [0.25, 0.3) is 0 Å². The molecule has 0 bridgehead atoms. The number of carbonyl (C=O) groups is 3. The molecule has 9 heteroatoms. The Hall–Kier alpha value is -2.65. The minimum atomic E-state index is -0.992. The first-order valence-corrected chi connectivity index (χ1v) is 12.5. The Morgan fingerprint density at radius 1 is 0.917 bits per heavy atom. The Morgan fingerprint density at radius 2 is 1.47 bits per heavy atom. The number of carbonyl (C=O) groups excluding carboxylic acids is 3. The summed E-state index contributed by atoms with van der Waals surface area (Å²) in [4.78, 5) is 35.9. The fraction of sp³-hybridized carbons (Fsp3) is 0.667. The molecule has 202 valence electrons. The van der Waals surface area contributed by atoms with Crippen molar-refractivity contribution >= 4 is 18.1 Å². The molecule has 0 amide bonds. The highest BCUT2D eigenvalue weighted by atomic mass is 16.7. The topological polar surface area (TPSA) is 107 Å². The van der Waals surface area contributed by atoms with Gasteiger partial charge in [0.25, 0.3) is 0 Å². The van der Waals surface area contributed by atoms with Gasteiger partial charge in [-0.15, -0.1) is 0 Å². The lowest BCUT2D eigenvalue weighted by molar-refractivity contribution is -0.291. The quantitative estimate of drug-likeness (QED) is 0.185. The molecule has 0 aliphatic carbocycles. The minimum Gasteiger partial charge on any atom is -0.458 e. The standard InChI is InChI=1S/C27H40O9/c1-9-22-17(6)23(33-18(7)28)25(34-19(8)29)26(35-22)31-13-14-32-27(30)36-24-20(15(2)3)11-10-12-21(24)16(4)5/h10-12,15-17,22-23,25-26H,9,13-14H2,1-8H3/t17-,22-,23+,25-,26+/m1/s1. The van der Waals surface area contributed by atoms with Crippen molar-refractivity contribution in [1.29, 1.82) is 0 Å². The zero-order valence-electron chi connectivity index (χ0n) is 22.6. The van der Waals surface area contributed by atoms with Crippen LogP contribution >= 0.6 is 0 Å². The molecule has 0 aromatic heterocycles. The number of esters is 2. The smallest absolute Gasteiger partial charge is 0.458 e. The van der Waals surface area contributed by atoms with Gasteiger partial charge in [-0.05, 0) is 29.4 Å². The Balaban J connectivity index is 2.03. The lowest BCUT2D eigenvalue weighted by atomic mass is 9.89. The van der Waals surface area contributed by atoms with E-state index in [4.69, 9.17) is 28.4 Å². The van der Waals surface area contributed by atoms with Crippen molar-refractivity contribution in [3.8, 4) is 5.75 Å². The first-order valence-electron chi connectivity index (χ1n) is 12.5. The number of ether oxygens (including phenoxy) is 6. The summed E-state index contributed by atoms with van der Waals surface area (Å²) in [6.45, 7) is 14.3. The SMILES string of the molecule is CC[C@H]1O[C@H](OCCOC(=O)Oc2c(C(C)C)cccc2C(C)C)[C@H](OC(C)=O)[C@@H](OC(C)=O)[C@@H]1C. The summed E-state index contributed by atoms with van der Waals surface area (Å²) in [5.74, 6) is -0.422. The second-order valence-electron chi connectivity index (χ2n) is 9.60. The van der Waals surface area contributed by atoms with E-state index in [1.807, 2.05) is 59.7 Å². The van der Waals surface area contributed by atoms with Crippen molar-refractivity contribution in [3.05, 3.63) is 29.3 Å². The zero-order chi connectivity index (χ0) is 27.0. The average Bonchev–Trinajstić information content (AvgIpc) is 2.79. The lowest BCUT2D eigenvalue weighted by Crippen LogP contribution is -2.57. The van der Waals surface area contributed by atoms with E-state index in [2.05, 4.69) is 0 Å². The third kappa shape index (κ3) is 7.93. The molecule has 0 unspecified atom stereocenters. The average molecular weight is 509 g/mol. The maximum Gasteiger partial charge on any atom is 0.513 e. The van der Waals surface area contributed by atoms with Gasteiger partial charge in [-0.3, -0.25) is 9.59 Å². The molecule has 0 saturated carbocycles. The Kier molecular flexibility index (Phi) is 11.2. The van der Waals surface area contributed by atoms with Crippen molar-refractivity contribution in [2.24, 2.45) is 5.92 Å². The van der Waals surface area contributed by atoms with Crippen molar-refractivity contribution in [2.75, 3.05) is 13.2 Å². The van der Waals surface area contributed by atoms with E-state index in [0.29, 0.717) is 12.2 Å². The highest BCUT2D eigenvalue weighted by Crippen LogP contribution is 2.35. The van der Waals surface area contributed by atoms with E-state index in [-0.39, 0.29) is 37.1 Å². The molecule has 1 saturated heterocycles. The summed E-state index contributed by atoms with van der Waals surface area (Å²) in [5, 5.41) is 0. The summed E-state index contributed by atoms with van der Waals surface area (Å²) >= 11 is 0. The molecule has 1 aliphatic rings. The second-order valence-corrected chi connectivity index (χ2v) is 9.60. The zero-order valence-corrected chi connectivity index (χ0v) is 22.6. The Bertz CT molecular complexity index is 869. The number of para-hydroxylation sites is 1. The van der Waals surface area contributed by atoms with Gasteiger partial charge in [0.2, 0.25) is 0 Å². The highest BCUT2D eigenvalue weighted by molar-refractivity contribution is 5.67. The number of hydrogen-bond acceptors (Lipinski definition) is 9. The molecule has 1 aromatic rings. The van der Waals surface area contributed by atoms with Crippen LogP contribution in [0.5, 0.6) is 5.75 Å². The third-order valence-corrected chi connectivity index (χ3v) is 6.10. The first kappa shape index (κ1) is 29.6. The largest absolute Gasteiger partial charge is 0.513 e. The van der Waals surface area contributed by atoms with Crippen molar-refractivity contribution < 1.29 is 42.8 Å².